The number of rotatable bonds is 4. The van der Waals surface area contributed by atoms with Gasteiger partial charge in [0.05, 0.1) is 11.4 Å². The summed E-state index contributed by atoms with van der Waals surface area (Å²) < 4.78 is 14.8. The lowest BCUT2D eigenvalue weighted by Gasteiger charge is -2.04. The number of nitrogens with zero attached hydrogens (tertiary/aromatic N) is 2. The van der Waals surface area contributed by atoms with Crippen LogP contribution in [0.1, 0.15) is 17.0 Å². The summed E-state index contributed by atoms with van der Waals surface area (Å²) in [5, 5.41) is 7.28. The van der Waals surface area contributed by atoms with E-state index in [9.17, 15) is 9.18 Å². The fourth-order valence-corrected chi connectivity index (χ4v) is 2.59. The first kappa shape index (κ1) is 16.6. The lowest BCUT2D eigenvalue weighted by molar-refractivity contribution is -0.111. The normalized spacial score (nSPS) is 11.0. The highest BCUT2D eigenvalue weighted by Gasteiger charge is 2.11. The molecule has 2 aromatic carbocycles. The highest BCUT2D eigenvalue weighted by molar-refractivity contribution is 6.02. The smallest absolute Gasteiger partial charge is 0.248 e. The van der Waals surface area contributed by atoms with Crippen molar-refractivity contribution in [3.05, 3.63) is 83.4 Å². The Morgan fingerprint density at radius 1 is 1.08 bits per heavy atom. The minimum atomic E-state index is -0.289. The molecule has 3 aromatic rings. The van der Waals surface area contributed by atoms with Crippen LogP contribution in [-0.4, -0.2) is 15.7 Å². The van der Waals surface area contributed by atoms with E-state index in [0.717, 1.165) is 28.3 Å². The van der Waals surface area contributed by atoms with Gasteiger partial charge in [-0.2, -0.15) is 5.10 Å². The number of hydrogen-bond donors (Lipinski definition) is 1. The fourth-order valence-electron chi connectivity index (χ4n) is 2.59. The lowest BCUT2D eigenvalue weighted by atomic mass is 10.2. The zero-order valence-corrected chi connectivity index (χ0v) is 14.0. The van der Waals surface area contributed by atoms with Crippen LogP contribution in [0.3, 0.4) is 0 Å². The van der Waals surface area contributed by atoms with Crippen molar-refractivity contribution in [2.45, 2.75) is 13.8 Å². The average molecular weight is 335 g/mol. The van der Waals surface area contributed by atoms with Crippen LogP contribution >= 0.6 is 0 Å². The molecule has 3 rings (SSSR count). The molecule has 0 fully saturated rings. The van der Waals surface area contributed by atoms with Gasteiger partial charge < -0.3 is 5.32 Å². The number of aryl methyl sites for hydroxylation is 1. The van der Waals surface area contributed by atoms with Gasteiger partial charge in [-0.15, -0.1) is 0 Å². The maximum Gasteiger partial charge on any atom is 0.248 e. The van der Waals surface area contributed by atoms with E-state index >= 15 is 0 Å². The fraction of sp³-hybridized carbons (Fsp3) is 0.100. The molecule has 0 bridgehead atoms. The Kier molecular flexibility index (Phi) is 4.75. The lowest BCUT2D eigenvalue weighted by Crippen LogP contribution is -2.07. The van der Waals surface area contributed by atoms with Crippen molar-refractivity contribution in [3.8, 4) is 5.69 Å². The first-order valence-electron chi connectivity index (χ1n) is 7.91. The van der Waals surface area contributed by atoms with Gasteiger partial charge in [0.1, 0.15) is 5.82 Å². The predicted molar refractivity (Wildman–Crippen MR) is 97.1 cm³/mol. The molecular formula is C20H18FN3O. The topological polar surface area (TPSA) is 46.9 Å². The molecule has 0 aliphatic rings. The van der Waals surface area contributed by atoms with E-state index in [-0.39, 0.29) is 11.7 Å². The third-order valence-electron chi connectivity index (χ3n) is 3.86. The maximum atomic E-state index is 13.1. The van der Waals surface area contributed by atoms with Gasteiger partial charge >= 0.3 is 0 Å². The van der Waals surface area contributed by atoms with Crippen LogP contribution in [0, 0.1) is 19.7 Å². The molecule has 126 valence electrons. The molecule has 0 radical (unpaired) electrons. The zero-order valence-electron chi connectivity index (χ0n) is 14.0. The molecule has 0 saturated carbocycles. The molecule has 4 nitrogen and oxygen atoms in total. The molecule has 0 saturated heterocycles. The van der Waals surface area contributed by atoms with Gasteiger partial charge in [-0.05, 0) is 56.3 Å². The van der Waals surface area contributed by atoms with E-state index in [1.807, 2.05) is 44.2 Å². The molecule has 0 unspecified atom stereocenters. The highest BCUT2D eigenvalue weighted by Crippen LogP contribution is 2.19. The highest BCUT2D eigenvalue weighted by atomic mass is 19.1. The van der Waals surface area contributed by atoms with Crippen LogP contribution in [0.25, 0.3) is 11.8 Å². The van der Waals surface area contributed by atoms with Crippen LogP contribution in [0.4, 0.5) is 10.1 Å². The van der Waals surface area contributed by atoms with Crippen molar-refractivity contribution in [2.24, 2.45) is 0 Å². The van der Waals surface area contributed by atoms with E-state index in [0.29, 0.717) is 0 Å². The van der Waals surface area contributed by atoms with Crippen molar-refractivity contribution in [1.29, 1.82) is 0 Å². The largest absolute Gasteiger partial charge is 0.323 e. The molecule has 0 atom stereocenters. The molecule has 25 heavy (non-hydrogen) atoms. The second kappa shape index (κ2) is 7.13. The number of nitrogens with one attached hydrogen (secondary N) is 1. The van der Waals surface area contributed by atoms with Gasteiger partial charge in [0.25, 0.3) is 0 Å². The summed E-state index contributed by atoms with van der Waals surface area (Å²) in [5.74, 6) is -0.498. The van der Waals surface area contributed by atoms with Crippen molar-refractivity contribution >= 4 is 17.7 Å². The first-order chi connectivity index (χ1) is 12.0. The van der Waals surface area contributed by atoms with E-state index in [4.69, 9.17) is 0 Å². The van der Waals surface area contributed by atoms with Gasteiger partial charge in [-0.25, -0.2) is 9.07 Å². The van der Waals surface area contributed by atoms with Crippen molar-refractivity contribution < 1.29 is 9.18 Å². The molecule has 0 spiro atoms. The van der Waals surface area contributed by atoms with Crippen molar-refractivity contribution in [1.82, 2.24) is 9.78 Å². The quantitative estimate of drug-likeness (QED) is 0.723. The Balaban J connectivity index is 1.81. The monoisotopic (exact) mass is 335 g/mol. The Morgan fingerprint density at radius 2 is 1.76 bits per heavy atom. The average Bonchev–Trinajstić information content (AvgIpc) is 2.89. The van der Waals surface area contributed by atoms with E-state index in [1.54, 1.807) is 22.9 Å². The summed E-state index contributed by atoms with van der Waals surface area (Å²) in [6, 6.07) is 15.4. The summed E-state index contributed by atoms with van der Waals surface area (Å²) in [5.41, 5.74) is 4.06. The molecule has 1 amide bonds. The van der Waals surface area contributed by atoms with Crippen molar-refractivity contribution in [2.75, 3.05) is 5.32 Å². The van der Waals surface area contributed by atoms with Crippen LogP contribution in [0.2, 0.25) is 0 Å². The van der Waals surface area contributed by atoms with Gasteiger partial charge in [-0.1, -0.05) is 18.2 Å². The summed E-state index contributed by atoms with van der Waals surface area (Å²) in [6.07, 6.45) is 3.23. The van der Waals surface area contributed by atoms with E-state index in [1.165, 1.54) is 18.2 Å². The molecule has 1 N–H and O–H groups in total. The summed E-state index contributed by atoms with van der Waals surface area (Å²) in [4.78, 5) is 12.1. The first-order valence-corrected chi connectivity index (χ1v) is 7.91. The Bertz CT molecular complexity index is 912. The number of para-hydroxylation sites is 1. The van der Waals surface area contributed by atoms with E-state index < -0.39 is 0 Å². The molecule has 1 heterocycles. The van der Waals surface area contributed by atoms with Crippen LogP contribution in [0.15, 0.2) is 60.7 Å². The minimum absolute atomic E-state index is 0.209. The Morgan fingerprint density at radius 3 is 2.44 bits per heavy atom. The summed E-state index contributed by atoms with van der Waals surface area (Å²) in [6.45, 7) is 3.79. The Hall–Kier alpha value is -3.21. The zero-order chi connectivity index (χ0) is 17.8. The van der Waals surface area contributed by atoms with Gasteiger partial charge in [-0.3, -0.25) is 4.79 Å². The maximum absolute atomic E-state index is 13.1. The molecule has 1 aromatic heterocycles. The molecule has 0 aliphatic carbocycles. The number of halogens is 1. The number of aromatic nitrogens is 2. The predicted octanol–water partition coefficient (Wildman–Crippen LogP) is 4.28. The molecule has 0 aliphatic heterocycles. The number of carbonyl (C=O) groups is 1. The third-order valence-corrected chi connectivity index (χ3v) is 3.86. The van der Waals surface area contributed by atoms with Gasteiger partial charge in [0, 0.05) is 23.0 Å². The second-order valence-corrected chi connectivity index (χ2v) is 5.66. The number of amides is 1. The van der Waals surface area contributed by atoms with Crippen LogP contribution in [0.5, 0.6) is 0 Å². The second-order valence-electron chi connectivity index (χ2n) is 5.66. The molecular weight excluding hydrogens is 317 g/mol. The van der Waals surface area contributed by atoms with Crippen molar-refractivity contribution in [3.63, 3.8) is 0 Å². The van der Waals surface area contributed by atoms with Gasteiger partial charge in [0.2, 0.25) is 5.91 Å². The number of anilines is 1. The SMILES string of the molecule is Cc1nn(-c2ccc(F)cc2)c(C)c1/C=C/C(=O)Nc1ccccc1. The summed E-state index contributed by atoms with van der Waals surface area (Å²) >= 11 is 0. The number of benzene rings is 2. The standard InChI is InChI=1S/C20H18FN3O/c1-14-19(12-13-20(25)22-17-6-4-3-5-7-17)15(2)24(23-14)18-10-8-16(21)9-11-18/h3-13H,1-2H3,(H,22,25)/b13-12+. The third kappa shape index (κ3) is 3.83. The van der Waals surface area contributed by atoms with E-state index in [2.05, 4.69) is 10.4 Å². The Labute approximate surface area is 145 Å². The van der Waals surface area contributed by atoms with Gasteiger partial charge in [0.15, 0.2) is 0 Å². The van der Waals surface area contributed by atoms with Crippen LogP contribution in [-0.2, 0) is 4.79 Å². The minimum Gasteiger partial charge on any atom is -0.323 e. The number of hydrogen-bond acceptors (Lipinski definition) is 2. The molecule has 5 heteroatoms. The van der Waals surface area contributed by atoms with Crippen LogP contribution < -0.4 is 5.32 Å². The number of carbonyl (C=O) groups excluding carboxylic acids is 1. The summed E-state index contributed by atoms with van der Waals surface area (Å²) in [7, 11) is 0.